The summed E-state index contributed by atoms with van der Waals surface area (Å²) < 4.78 is 26.4. The highest BCUT2D eigenvalue weighted by atomic mass is 79.9. The maximum Gasteiger partial charge on any atom is 0.283 e. The summed E-state index contributed by atoms with van der Waals surface area (Å²) in [6.07, 6.45) is 1.26. The summed E-state index contributed by atoms with van der Waals surface area (Å²) in [4.78, 5) is 14.7. The molecule has 2 heterocycles. The van der Waals surface area contributed by atoms with Crippen LogP contribution in [0, 0.1) is 10.1 Å². The Labute approximate surface area is 133 Å². The Kier molecular flexibility index (Phi) is 3.45. The highest BCUT2D eigenvalue weighted by Gasteiger charge is 2.24. The highest BCUT2D eigenvalue weighted by Crippen LogP contribution is 2.30. The highest BCUT2D eigenvalue weighted by molar-refractivity contribution is 9.10. The van der Waals surface area contributed by atoms with Crippen molar-refractivity contribution in [3.05, 3.63) is 63.4 Å². The standard InChI is InChI=1S/C13H8BrN3O4S/c14-12-8-11(17(18)19)10-6-7-16(13(10)15-12)22(20,21)9-4-2-1-3-5-9/h1-8H. The van der Waals surface area contributed by atoms with Crippen molar-refractivity contribution in [2.75, 3.05) is 0 Å². The third-order valence-corrected chi connectivity index (χ3v) is 5.15. The average Bonchev–Trinajstić information content (AvgIpc) is 2.91. The van der Waals surface area contributed by atoms with Crippen molar-refractivity contribution in [3.63, 3.8) is 0 Å². The zero-order valence-electron chi connectivity index (χ0n) is 10.9. The lowest BCUT2D eigenvalue weighted by Crippen LogP contribution is -2.12. The first-order chi connectivity index (χ1) is 10.4. The van der Waals surface area contributed by atoms with Crippen molar-refractivity contribution < 1.29 is 13.3 Å². The van der Waals surface area contributed by atoms with Gasteiger partial charge in [-0.05, 0) is 34.1 Å². The second-order valence-electron chi connectivity index (χ2n) is 4.39. The fourth-order valence-electron chi connectivity index (χ4n) is 2.09. The number of nitro groups is 1. The first-order valence-corrected chi connectivity index (χ1v) is 8.27. The number of hydrogen-bond acceptors (Lipinski definition) is 5. The Morgan fingerprint density at radius 1 is 1.18 bits per heavy atom. The van der Waals surface area contributed by atoms with E-state index < -0.39 is 14.9 Å². The van der Waals surface area contributed by atoms with E-state index in [0.717, 1.165) is 3.97 Å². The van der Waals surface area contributed by atoms with Gasteiger partial charge in [-0.15, -0.1) is 0 Å². The molecule has 0 bridgehead atoms. The van der Waals surface area contributed by atoms with Gasteiger partial charge in [0.1, 0.15) is 4.60 Å². The molecular formula is C13H8BrN3O4S. The number of fused-ring (bicyclic) bond motifs is 1. The molecule has 0 spiro atoms. The molecule has 3 rings (SSSR count). The number of hydrogen-bond donors (Lipinski definition) is 0. The molecule has 0 N–H and O–H groups in total. The molecule has 0 aliphatic carbocycles. The number of nitrogens with zero attached hydrogens (tertiary/aromatic N) is 3. The zero-order valence-corrected chi connectivity index (χ0v) is 13.3. The molecule has 0 radical (unpaired) electrons. The van der Waals surface area contributed by atoms with Gasteiger partial charge in [0.05, 0.1) is 15.2 Å². The fourth-order valence-corrected chi connectivity index (χ4v) is 3.79. The average molecular weight is 382 g/mol. The molecule has 0 fully saturated rings. The van der Waals surface area contributed by atoms with Crippen LogP contribution in [0.4, 0.5) is 5.69 Å². The largest absolute Gasteiger partial charge is 0.283 e. The van der Waals surface area contributed by atoms with Gasteiger partial charge in [0.15, 0.2) is 5.65 Å². The molecule has 22 heavy (non-hydrogen) atoms. The van der Waals surface area contributed by atoms with E-state index >= 15 is 0 Å². The summed E-state index contributed by atoms with van der Waals surface area (Å²) in [5.74, 6) is 0. The first kappa shape index (κ1) is 14.7. The maximum absolute atomic E-state index is 12.6. The minimum Gasteiger partial charge on any atom is -0.258 e. The molecular weight excluding hydrogens is 374 g/mol. The predicted octanol–water partition coefficient (Wildman–Crippen LogP) is 2.94. The van der Waals surface area contributed by atoms with Gasteiger partial charge in [-0.2, -0.15) is 0 Å². The maximum atomic E-state index is 12.6. The first-order valence-electron chi connectivity index (χ1n) is 6.04. The lowest BCUT2D eigenvalue weighted by molar-refractivity contribution is -0.383. The molecule has 0 aliphatic rings. The molecule has 0 saturated heterocycles. The summed E-state index contributed by atoms with van der Waals surface area (Å²) in [6, 6.07) is 10.4. The number of pyridine rings is 1. The normalized spacial score (nSPS) is 11.7. The minimum absolute atomic E-state index is 0.00456. The van der Waals surface area contributed by atoms with E-state index in [9.17, 15) is 18.5 Å². The molecule has 9 heteroatoms. The van der Waals surface area contributed by atoms with Gasteiger partial charge in [0.25, 0.3) is 15.7 Å². The van der Waals surface area contributed by atoms with E-state index in [-0.39, 0.29) is 26.2 Å². The smallest absolute Gasteiger partial charge is 0.258 e. The van der Waals surface area contributed by atoms with Crippen molar-refractivity contribution in [2.24, 2.45) is 0 Å². The molecule has 0 saturated carbocycles. The molecule has 2 aromatic heterocycles. The van der Waals surface area contributed by atoms with Crippen LogP contribution >= 0.6 is 15.9 Å². The van der Waals surface area contributed by atoms with E-state index in [1.165, 1.54) is 30.5 Å². The SMILES string of the molecule is O=[N+]([O-])c1cc(Br)nc2c1ccn2S(=O)(=O)c1ccccc1. The van der Waals surface area contributed by atoms with Crippen LogP contribution in [-0.2, 0) is 10.0 Å². The van der Waals surface area contributed by atoms with Gasteiger partial charge in [-0.3, -0.25) is 10.1 Å². The zero-order chi connectivity index (χ0) is 15.9. The van der Waals surface area contributed by atoms with E-state index in [1.807, 2.05) is 0 Å². The van der Waals surface area contributed by atoms with Crippen LogP contribution in [0.25, 0.3) is 11.0 Å². The number of aromatic nitrogens is 2. The quantitative estimate of drug-likeness (QED) is 0.394. The van der Waals surface area contributed by atoms with Crippen molar-refractivity contribution in [1.82, 2.24) is 8.96 Å². The Morgan fingerprint density at radius 2 is 1.86 bits per heavy atom. The van der Waals surface area contributed by atoms with Crippen LogP contribution < -0.4 is 0 Å². The number of rotatable bonds is 3. The Bertz CT molecular complexity index is 983. The lowest BCUT2D eigenvalue weighted by Gasteiger charge is -2.07. The van der Waals surface area contributed by atoms with Gasteiger partial charge in [0, 0.05) is 12.3 Å². The van der Waals surface area contributed by atoms with Gasteiger partial charge in [-0.1, -0.05) is 18.2 Å². The lowest BCUT2D eigenvalue weighted by atomic mass is 10.3. The van der Waals surface area contributed by atoms with Crippen LogP contribution in [0.1, 0.15) is 0 Å². The van der Waals surface area contributed by atoms with Gasteiger partial charge < -0.3 is 0 Å². The molecule has 3 aromatic rings. The number of benzene rings is 1. The Hall–Kier alpha value is -2.26. The molecule has 112 valence electrons. The van der Waals surface area contributed by atoms with Crippen LogP contribution in [0.5, 0.6) is 0 Å². The topological polar surface area (TPSA) is 95.1 Å². The molecule has 0 aliphatic heterocycles. The molecule has 0 atom stereocenters. The van der Waals surface area contributed by atoms with Crippen LogP contribution in [0.3, 0.4) is 0 Å². The molecule has 0 amide bonds. The second kappa shape index (κ2) is 5.18. The monoisotopic (exact) mass is 381 g/mol. The third kappa shape index (κ3) is 2.28. The summed E-state index contributed by atoms with van der Waals surface area (Å²) >= 11 is 3.07. The van der Waals surface area contributed by atoms with Crippen LogP contribution in [-0.4, -0.2) is 22.3 Å². The second-order valence-corrected chi connectivity index (χ2v) is 7.02. The van der Waals surface area contributed by atoms with Crippen molar-refractivity contribution in [2.45, 2.75) is 4.90 Å². The predicted molar refractivity (Wildman–Crippen MR) is 83.1 cm³/mol. The molecule has 0 unspecified atom stereocenters. The Balaban J connectivity index is 2.32. The van der Waals surface area contributed by atoms with Crippen molar-refractivity contribution in [3.8, 4) is 0 Å². The number of halogens is 1. The Morgan fingerprint density at radius 3 is 2.50 bits per heavy atom. The van der Waals surface area contributed by atoms with Gasteiger partial charge in [-0.25, -0.2) is 17.4 Å². The van der Waals surface area contributed by atoms with Crippen LogP contribution in [0.15, 0.2) is 58.2 Å². The van der Waals surface area contributed by atoms with Gasteiger partial charge in [0.2, 0.25) is 0 Å². The summed E-state index contributed by atoms with van der Waals surface area (Å²) in [7, 11) is -3.87. The summed E-state index contributed by atoms with van der Waals surface area (Å²) in [5, 5.41) is 11.3. The fraction of sp³-hybridized carbons (Fsp3) is 0. The van der Waals surface area contributed by atoms with E-state index in [0.29, 0.717) is 0 Å². The van der Waals surface area contributed by atoms with Crippen molar-refractivity contribution >= 4 is 42.7 Å². The van der Waals surface area contributed by atoms with Gasteiger partial charge >= 0.3 is 0 Å². The molecule has 7 nitrogen and oxygen atoms in total. The summed E-state index contributed by atoms with van der Waals surface area (Å²) in [6.45, 7) is 0. The van der Waals surface area contributed by atoms with E-state index in [4.69, 9.17) is 0 Å². The van der Waals surface area contributed by atoms with Crippen LogP contribution in [0.2, 0.25) is 0 Å². The third-order valence-electron chi connectivity index (χ3n) is 3.07. The van der Waals surface area contributed by atoms with Crippen molar-refractivity contribution in [1.29, 1.82) is 0 Å². The van der Waals surface area contributed by atoms with E-state index in [2.05, 4.69) is 20.9 Å². The minimum atomic E-state index is -3.87. The van der Waals surface area contributed by atoms with E-state index in [1.54, 1.807) is 18.2 Å². The molecule has 1 aromatic carbocycles. The summed E-state index contributed by atoms with van der Waals surface area (Å²) in [5.41, 5.74) is -0.205.